The number of rotatable bonds is 2. The van der Waals surface area contributed by atoms with Gasteiger partial charge in [-0.05, 0) is 50.4 Å². The summed E-state index contributed by atoms with van der Waals surface area (Å²) < 4.78 is 13.9. The minimum Gasteiger partial charge on any atom is -0.324 e. The predicted octanol–water partition coefficient (Wildman–Crippen LogP) is 3.21. The number of nitrogens with two attached hydrogens (primary N) is 1. The fourth-order valence-electron chi connectivity index (χ4n) is 2.42. The number of hydrogen-bond acceptors (Lipinski definition) is 2. The highest BCUT2D eigenvalue weighted by atomic mass is 35.5. The number of nitrogens with one attached hydrogen (secondary N) is 1. The molecule has 2 nitrogen and oxygen atoms in total. The molecule has 1 aliphatic rings. The Hall–Kier alpha value is -0.350. The van der Waals surface area contributed by atoms with Crippen molar-refractivity contribution in [2.45, 2.75) is 25.8 Å². The van der Waals surface area contributed by atoms with Crippen LogP contribution in [0.15, 0.2) is 12.1 Å². The molecule has 0 spiro atoms. The molecular formula is C13H19Cl2FN2. The van der Waals surface area contributed by atoms with Crippen LogP contribution in [0, 0.1) is 18.7 Å². The van der Waals surface area contributed by atoms with E-state index in [1.807, 2.05) is 6.92 Å². The lowest BCUT2D eigenvalue weighted by atomic mass is 9.86. The van der Waals surface area contributed by atoms with Gasteiger partial charge < -0.3 is 11.1 Å². The molecule has 0 unspecified atom stereocenters. The first-order chi connectivity index (χ1) is 8.11. The van der Waals surface area contributed by atoms with Crippen LogP contribution in [0.5, 0.6) is 0 Å². The molecule has 0 bridgehead atoms. The number of piperidine rings is 1. The largest absolute Gasteiger partial charge is 0.324 e. The Balaban J connectivity index is 0.00000162. The van der Waals surface area contributed by atoms with Gasteiger partial charge in [0.1, 0.15) is 5.82 Å². The lowest BCUT2D eigenvalue weighted by Crippen LogP contribution is -2.34. The van der Waals surface area contributed by atoms with Crippen LogP contribution in [0.1, 0.15) is 30.0 Å². The second kappa shape index (κ2) is 6.71. The van der Waals surface area contributed by atoms with Crippen molar-refractivity contribution in [3.63, 3.8) is 0 Å². The molecule has 0 aliphatic carbocycles. The third-order valence-corrected chi connectivity index (χ3v) is 4.05. The summed E-state index contributed by atoms with van der Waals surface area (Å²) in [4.78, 5) is 0. The smallest absolute Gasteiger partial charge is 0.129 e. The molecule has 2 rings (SSSR count). The van der Waals surface area contributed by atoms with Crippen LogP contribution in [0.4, 0.5) is 4.39 Å². The average Bonchev–Trinajstić information content (AvgIpc) is 2.35. The van der Waals surface area contributed by atoms with Gasteiger partial charge in [-0.15, -0.1) is 12.4 Å². The van der Waals surface area contributed by atoms with E-state index >= 15 is 0 Å². The van der Waals surface area contributed by atoms with E-state index in [2.05, 4.69) is 5.32 Å². The van der Waals surface area contributed by atoms with Gasteiger partial charge in [-0.2, -0.15) is 0 Å². The highest BCUT2D eigenvalue weighted by molar-refractivity contribution is 6.32. The van der Waals surface area contributed by atoms with Crippen molar-refractivity contribution >= 4 is 24.0 Å². The molecule has 1 aromatic carbocycles. The highest BCUT2D eigenvalue weighted by Crippen LogP contribution is 2.34. The van der Waals surface area contributed by atoms with Gasteiger partial charge in [0.15, 0.2) is 0 Å². The summed E-state index contributed by atoms with van der Waals surface area (Å²) >= 11 is 6.18. The first kappa shape index (κ1) is 15.7. The van der Waals surface area contributed by atoms with Crippen molar-refractivity contribution in [1.82, 2.24) is 5.32 Å². The van der Waals surface area contributed by atoms with Gasteiger partial charge in [-0.25, -0.2) is 4.39 Å². The van der Waals surface area contributed by atoms with Crippen LogP contribution in [-0.2, 0) is 0 Å². The molecule has 1 aliphatic heterocycles. The van der Waals surface area contributed by atoms with Gasteiger partial charge in [0.05, 0.1) is 5.02 Å². The van der Waals surface area contributed by atoms with Crippen molar-refractivity contribution in [1.29, 1.82) is 0 Å². The number of benzene rings is 1. The lowest BCUT2D eigenvalue weighted by Gasteiger charge is -2.29. The van der Waals surface area contributed by atoms with Gasteiger partial charge in [-0.3, -0.25) is 0 Å². The van der Waals surface area contributed by atoms with Gasteiger partial charge in [0.2, 0.25) is 0 Å². The van der Waals surface area contributed by atoms with Gasteiger partial charge >= 0.3 is 0 Å². The standard InChI is InChI=1S/C13H18ClFN2.ClH/c1-8-2-3-10(15)11(12(8)14)13(16)9-4-6-17-7-5-9;/h2-3,9,13,17H,4-7,16H2,1H3;1H/t13-;/m1./s1. The van der Waals surface area contributed by atoms with Crippen LogP contribution in [0.25, 0.3) is 0 Å². The van der Waals surface area contributed by atoms with Crippen LogP contribution in [0.3, 0.4) is 0 Å². The van der Waals surface area contributed by atoms with E-state index in [1.54, 1.807) is 6.07 Å². The Morgan fingerprint density at radius 2 is 2.00 bits per heavy atom. The third-order valence-electron chi connectivity index (χ3n) is 3.54. The van der Waals surface area contributed by atoms with Crippen LogP contribution < -0.4 is 11.1 Å². The normalized spacial score (nSPS) is 18.2. The van der Waals surface area contributed by atoms with Crippen LogP contribution >= 0.6 is 24.0 Å². The summed E-state index contributed by atoms with van der Waals surface area (Å²) in [5.41, 5.74) is 7.55. The van der Waals surface area contributed by atoms with Gasteiger partial charge in [-0.1, -0.05) is 17.7 Å². The monoisotopic (exact) mass is 292 g/mol. The molecule has 102 valence electrons. The van der Waals surface area contributed by atoms with E-state index in [0.717, 1.165) is 31.5 Å². The molecule has 0 radical (unpaired) electrons. The van der Waals surface area contributed by atoms with E-state index in [0.29, 0.717) is 16.5 Å². The quantitative estimate of drug-likeness (QED) is 0.878. The summed E-state index contributed by atoms with van der Waals surface area (Å²) in [7, 11) is 0. The summed E-state index contributed by atoms with van der Waals surface area (Å²) in [6.07, 6.45) is 1.95. The summed E-state index contributed by atoms with van der Waals surface area (Å²) in [6.45, 7) is 3.77. The lowest BCUT2D eigenvalue weighted by molar-refractivity contribution is 0.317. The second-order valence-electron chi connectivity index (χ2n) is 4.71. The zero-order valence-corrected chi connectivity index (χ0v) is 12.0. The zero-order valence-electron chi connectivity index (χ0n) is 10.4. The van der Waals surface area contributed by atoms with Crippen molar-refractivity contribution < 1.29 is 4.39 Å². The molecule has 5 heteroatoms. The van der Waals surface area contributed by atoms with Crippen molar-refractivity contribution in [3.05, 3.63) is 34.1 Å². The molecule has 1 atom stereocenters. The fraction of sp³-hybridized carbons (Fsp3) is 0.538. The Bertz CT molecular complexity index is 406. The zero-order chi connectivity index (χ0) is 12.4. The summed E-state index contributed by atoms with van der Waals surface area (Å²) in [5.74, 6) is 0.0247. The Morgan fingerprint density at radius 3 is 2.61 bits per heavy atom. The Labute approximate surface area is 118 Å². The molecule has 1 saturated heterocycles. The van der Waals surface area contributed by atoms with Gasteiger partial charge in [0, 0.05) is 11.6 Å². The third kappa shape index (κ3) is 3.15. The average molecular weight is 293 g/mol. The van der Waals surface area contributed by atoms with Crippen LogP contribution in [-0.4, -0.2) is 13.1 Å². The number of halogens is 3. The van der Waals surface area contributed by atoms with Crippen molar-refractivity contribution in [3.8, 4) is 0 Å². The molecule has 0 saturated carbocycles. The first-order valence-electron chi connectivity index (χ1n) is 6.02. The number of hydrogen-bond donors (Lipinski definition) is 2. The molecule has 0 amide bonds. The van der Waals surface area contributed by atoms with Gasteiger partial charge in [0.25, 0.3) is 0 Å². The second-order valence-corrected chi connectivity index (χ2v) is 5.08. The van der Waals surface area contributed by atoms with E-state index < -0.39 is 0 Å². The highest BCUT2D eigenvalue weighted by Gasteiger charge is 2.26. The van der Waals surface area contributed by atoms with E-state index in [4.69, 9.17) is 17.3 Å². The van der Waals surface area contributed by atoms with E-state index in [1.165, 1.54) is 6.07 Å². The molecular weight excluding hydrogens is 274 g/mol. The maximum absolute atomic E-state index is 13.9. The number of aryl methyl sites for hydroxylation is 1. The molecule has 1 fully saturated rings. The minimum absolute atomic E-state index is 0. The first-order valence-corrected chi connectivity index (χ1v) is 6.40. The Kier molecular flexibility index (Phi) is 5.86. The fourth-order valence-corrected chi connectivity index (χ4v) is 2.70. The Morgan fingerprint density at radius 1 is 1.39 bits per heavy atom. The SMILES string of the molecule is Cc1ccc(F)c([C@H](N)C2CCNCC2)c1Cl.Cl. The maximum Gasteiger partial charge on any atom is 0.129 e. The molecule has 1 heterocycles. The van der Waals surface area contributed by atoms with E-state index in [-0.39, 0.29) is 24.3 Å². The molecule has 0 aromatic heterocycles. The maximum atomic E-state index is 13.9. The minimum atomic E-state index is -0.301. The van der Waals surface area contributed by atoms with Crippen LogP contribution in [0.2, 0.25) is 5.02 Å². The topological polar surface area (TPSA) is 38.0 Å². The molecule has 1 aromatic rings. The molecule has 3 N–H and O–H groups in total. The summed E-state index contributed by atoms with van der Waals surface area (Å²) in [5, 5.41) is 3.76. The van der Waals surface area contributed by atoms with Crippen molar-refractivity contribution in [2.24, 2.45) is 11.7 Å². The predicted molar refractivity (Wildman–Crippen MR) is 75.9 cm³/mol. The summed E-state index contributed by atoms with van der Waals surface area (Å²) in [6, 6.07) is 2.85. The molecule has 18 heavy (non-hydrogen) atoms. The van der Waals surface area contributed by atoms with Crippen molar-refractivity contribution in [2.75, 3.05) is 13.1 Å². The van der Waals surface area contributed by atoms with E-state index in [9.17, 15) is 4.39 Å².